The Labute approximate surface area is 201 Å². The molecule has 6 nitrogen and oxygen atoms in total. The Balaban J connectivity index is 1.68. The molecule has 1 aromatic heterocycles. The largest absolute Gasteiger partial charge is 0.496 e. The predicted octanol–water partition coefficient (Wildman–Crippen LogP) is 4.85. The molecular weight excluding hydrogens is 428 g/mol. The van der Waals surface area contributed by atoms with Crippen molar-refractivity contribution in [3.63, 3.8) is 0 Å². The smallest absolute Gasteiger partial charge is 0.337 e. The minimum atomic E-state index is -0.378. The lowest BCUT2D eigenvalue weighted by atomic mass is 9.90. The lowest BCUT2D eigenvalue weighted by molar-refractivity contribution is -0.136. The molecule has 2 heterocycles. The summed E-state index contributed by atoms with van der Waals surface area (Å²) in [5, 5.41) is 1.21. The molecule has 3 aromatic rings. The number of nitrogens with zero attached hydrogens (tertiary/aromatic N) is 2. The molecule has 1 fully saturated rings. The van der Waals surface area contributed by atoms with E-state index >= 15 is 0 Å². The maximum atomic E-state index is 12.6. The lowest BCUT2D eigenvalue weighted by Gasteiger charge is -2.29. The van der Waals surface area contributed by atoms with Gasteiger partial charge in [0.05, 0.1) is 19.8 Å². The number of benzene rings is 2. The minimum absolute atomic E-state index is 0.0586. The maximum absolute atomic E-state index is 12.6. The summed E-state index contributed by atoms with van der Waals surface area (Å²) in [6, 6.07) is 12.1. The predicted molar refractivity (Wildman–Crippen MR) is 133 cm³/mol. The third-order valence-corrected chi connectivity index (χ3v) is 6.84. The van der Waals surface area contributed by atoms with Gasteiger partial charge in [-0.2, -0.15) is 0 Å². The van der Waals surface area contributed by atoms with Crippen molar-refractivity contribution in [3.8, 4) is 5.75 Å². The number of likely N-dealkylation sites (tertiary alicyclic amines) is 1. The molecule has 0 radical (unpaired) electrons. The van der Waals surface area contributed by atoms with E-state index in [0.717, 1.165) is 44.3 Å². The van der Waals surface area contributed by atoms with Crippen LogP contribution in [0.2, 0.25) is 0 Å². The zero-order valence-electron chi connectivity index (χ0n) is 20.6. The molecule has 0 N–H and O–H groups in total. The van der Waals surface area contributed by atoms with Crippen LogP contribution in [0.15, 0.2) is 42.6 Å². The van der Waals surface area contributed by atoms with Gasteiger partial charge in [-0.15, -0.1) is 0 Å². The van der Waals surface area contributed by atoms with Gasteiger partial charge in [0.1, 0.15) is 5.75 Å². The van der Waals surface area contributed by atoms with E-state index in [1.807, 2.05) is 18.0 Å². The number of amides is 1. The van der Waals surface area contributed by atoms with Crippen LogP contribution in [0.4, 0.5) is 0 Å². The first kappa shape index (κ1) is 23.9. The van der Waals surface area contributed by atoms with E-state index in [1.165, 1.54) is 29.1 Å². The van der Waals surface area contributed by atoms with E-state index in [0.29, 0.717) is 17.7 Å². The second-order valence-corrected chi connectivity index (χ2v) is 9.20. The third kappa shape index (κ3) is 4.81. The second kappa shape index (κ2) is 10.3. The van der Waals surface area contributed by atoms with Gasteiger partial charge < -0.3 is 18.9 Å². The molecule has 0 saturated carbocycles. The van der Waals surface area contributed by atoms with E-state index < -0.39 is 0 Å². The van der Waals surface area contributed by atoms with Gasteiger partial charge in [0.2, 0.25) is 5.91 Å². The Kier molecular flexibility index (Phi) is 7.25. The summed E-state index contributed by atoms with van der Waals surface area (Å²) in [4.78, 5) is 26.4. The van der Waals surface area contributed by atoms with Crippen molar-refractivity contribution in [2.45, 2.75) is 45.6 Å². The number of rotatable bonds is 8. The number of aromatic nitrogens is 1. The molecule has 6 heteroatoms. The number of ether oxygens (including phenoxy) is 2. The van der Waals surface area contributed by atoms with Crippen LogP contribution in [-0.4, -0.2) is 49.2 Å². The van der Waals surface area contributed by atoms with Gasteiger partial charge in [-0.1, -0.05) is 19.1 Å². The molecule has 4 rings (SSSR count). The molecule has 1 atom stereocenters. The SMILES string of the molecule is CCCn1cc(Cc2ccc(C(=O)OC)cc2OC)c2cc(CC3CCCN(C)C3=O)ccc21. The first-order valence-corrected chi connectivity index (χ1v) is 12.1. The molecular formula is C28H34N2O4. The van der Waals surface area contributed by atoms with Crippen molar-refractivity contribution in [1.29, 1.82) is 0 Å². The van der Waals surface area contributed by atoms with Gasteiger partial charge in [-0.25, -0.2) is 4.79 Å². The summed E-state index contributed by atoms with van der Waals surface area (Å²) < 4.78 is 12.8. The second-order valence-electron chi connectivity index (χ2n) is 9.20. The first-order valence-electron chi connectivity index (χ1n) is 12.1. The van der Waals surface area contributed by atoms with Crippen LogP contribution < -0.4 is 4.74 Å². The van der Waals surface area contributed by atoms with Crippen LogP contribution >= 0.6 is 0 Å². The van der Waals surface area contributed by atoms with Gasteiger partial charge in [-0.3, -0.25) is 4.79 Å². The molecule has 2 aromatic carbocycles. The standard InChI is InChI=1S/C28H34N2O4/c1-5-12-30-18-23(16-20-9-10-22(28(32)34-4)17-26(20)33-3)24-15-19(8-11-25(24)30)14-21-7-6-13-29(2)27(21)31/h8-11,15,17-18,21H,5-7,12-14,16H2,1-4H3. The van der Waals surface area contributed by atoms with Crippen molar-refractivity contribution in [2.24, 2.45) is 5.92 Å². The quantitative estimate of drug-likeness (QED) is 0.449. The van der Waals surface area contributed by atoms with Crippen LogP contribution in [0.25, 0.3) is 10.9 Å². The molecule has 1 aliphatic rings. The Bertz CT molecular complexity index is 1200. The van der Waals surface area contributed by atoms with Gasteiger partial charge in [-0.05, 0) is 66.6 Å². The van der Waals surface area contributed by atoms with Crippen LogP contribution in [-0.2, 0) is 28.9 Å². The van der Waals surface area contributed by atoms with Crippen LogP contribution in [0.3, 0.4) is 0 Å². The van der Waals surface area contributed by atoms with Crippen molar-refractivity contribution >= 4 is 22.8 Å². The van der Waals surface area contributed by atoms with Gasteiger partial charge >= 0.3 is 5.97 Å². The Morgan fingerprint density at radius 1 is 1.12 bits per heavy atom. The fraction of sp³-hybridized carbons (Fsp3) is 0.429. The number of hydrogen-bond acceptors (Lipinski definition) is 4. The maximum Gasteiger partial charge on any atom is 0.337 e. The fourth-order valence-electron chi connectivity index (χ4n) is 5.05. The van der Waals surface area contributed by atoms with E-state index in [4.69, 9.17) is 9.47 Å². The molecule has 0 aliphatic carbocycles. The van der Waals surface area contributed by atoms with Gasteiger partial charge in [0, 0.05) is 49.6 Å². The summed E-state index contributed by atoms with van der Waals surface area (Å²) in [6.45, 7) is 3.98. The van der Waals surface area contributed by atoms with E-state index in [2.05, 4.69) is 35.9 Å². The van der Waals surface area contributed by atoms with Crippen LogP contribution in [0.5, 0.6) is 5.75 Å². The van der Waals surface area contributed by atoms with E-state index in [-0.39, 0.29) is 17.8 Å². The number of aryl methyl sites for hydroxylation is 1. The zero-order chi connectivity index (χ0) is 24.2. The third-order valence-electron chi connectivity index (χ3n) is 6.84. The van der Waals surface area contributed by atoms with Crippen molar-refractivity contribution in [3.05, 3.63) is 64.8 Å². The van der Waals surface area contributed by atoms with Crippen molar-refractivity contribution in [2.75, 3.05) is 27.8 Å². The monoisotopic (exact) mass is 462 g/mol. The summed E-state index contributed by atoms with van der Waals surface area (Å²) in [5.41, 5.74) is 5.10. The Morgan fingerprint density at radius 3 is 2.68 bits per heavy atom. The average molecular weight is 463 g/mol. The minimum Gasteiger partial charge on any atom is -0.496 e. The number of carbonyl (C=O) groups is 2. The average Bonchev–Trinajstić information content (AvgIpc) is 3.18. The number of hydrogen-bond donors (Lipinski definition) is 0. The highest BCUT2D eigenvalue weighted by atomic mass is 16.5. The number of piperidine rings is 1. The van der Waals surface area contributed by atoms with Crippen molar-refractivity contribution in [1.82, 2.24) is 9.47 Å². The number of methoxy groups -OCH3 is 2. The summed E-state index contributed by atoms with van der Waals surface area (Å²) in [6.07, 6.45) is 6.75. The first-order chi connectivity index (χ1) is 16.4. The summed E-state index contributed by atoms with van der Waals surface area (Å²) in [7, 11) is 4.90. The highest BCUT2D eigenvalue weighted by Gasteiger charge is 2.26. The zero-order valence-corrected chi connectivity index (χ0v) is 20.6. The molecule has 0 bridgehead atoms. The topological polar surface area (TPSA) is 60.8 Å². The molecule has 1 saturated heterocycles. The Hall–Kier alpha value is -3.28. The van der Waals surface area contributed by atoms with Crippen molar-refractivity contribution < 1.29 is 19.1 Å². The molecule has 1 aliphatic heterocycles. The molecule has 1 amide bonds. The van der Waals surface area contributed by atoms with Crippen LogP contribution in [0.1, 0.15) is 53.2 Å². The highest BCUT2D eigenvalue weighted by Crippen LogP contribution is 2.31. The molecule has 1 unspecified atom stereocenters. The Morgan fingerprint density at radius 2 is 1.94 bits per heavy atom. The van der Waals surface area contributed by atoms with E-state index in [9.17, 15) is 9.59 Å². The summed E-state index contributed by atoms with van der Waals surface area (Å²) >= 11 is 0. The van der Waals surface area contributed by atoms with Gasteiger partial charge in [0.25, 0.3) is 0 Å². The fourth-order valence-corrected chi connectivity index (χ4v) is 5.05. The number of fused-ring (bicyclic) bond motifs is 1. The number of esters is 1. The lowest BCUT2D eigenvalue weighted by Crippen LogP contribution is -2.39. The van der Waals surface area contributed by atoms with Gasteiger partial charge in [0.15, 0.2) is 0 Å². The normalized spacial score (nSPS) is 16.2. The highest BCUT2D eigenvalue weighted by molar-refractivity contribution is 5.90. The summed E-state index contributed by atoms with van der Waals surface area (Å²) in [5.74, 6) is 0.608. The molecule has 180 valence electrons. The van der Waals surface area contributed by atoms with Crippen LogP contribution in [0, 0.1) is 5.92 Å². The van der Waals surface area contributed by atoms with E-state index in [1.54, 1.807) is 19.2 Å². The molecule has 0 spiro atoms. The number of carbonyl (C=O) groups excluding carboxylic acids is 2. The molecule has 34 heavy (non-hydrogen) atoms.